The van der Waals surface area contributed by atoms with Crippen LogP contribution in [0.4, 0.5) is 0 Å². The van der Waals surface area contributed by atoms with Gasteiger partial charge >= 0.3 is 0 Å². The number of benzene rings is 2. The van der Waals surface area contributed by atoms with Gasteiger partial charge in [-0.25, -0.2) is 0 Å². The summed E-state index contributed by atoms with van der Waals surface area (Å²) in [5.41, 5.74) is 0.780. The normalized spacial score (nSPS) is 16.6. The molecule has 1 fully saturated rings. The van der Waals surface area contributed by atoms with E-state index in [-0.39, 0.29) is 11.2 Å². The molecule has 0 N–H and O–H groups in total. The molecule has 1 aliphatic carbocycles. The second-order valence-corrected chi connectivity index (χ2v) is 5.00. The fourth-order valence-corrected chi connectivity index (χ4v) is 2.82. The van der Waals surface area contributed by atoms with Gasteiger partial charge in [-0.3, -0.25) is 4.79 Å². The first-order chi connectivity index (χ1) is 8.69. The second kappa shape index (κ2) is 3.84. The summed E-state index contributed by atoms with van der Waals surface area (Å²) < 4.78 is 5.48. The molecule has 3 rings (SSSR count). The average Bonchev–Trinajstić information content (AvgIpc) is 3.18. The highest BCUT2D eigenvalue weighted by Gasteiger charge is 2.51. The van der Waals surface area contributed by atoms with Gasteiger partial charge in [-0.2, -0.15) is 0 Å². The molecule has 0 atom stereocenters. The van der Waals surface area contributed by atoms with Crippen molar-refractivity contribution in [1.29, 1.82) is 0 Å². The molecule has 0 aromatic heterocycles. The Morgan fingerprint density at radius 2 is 1.89 bits per heavy atom. The van der Waals surface area contributed by atoms with Crippen LogP contribution >= 0.6 is 0 Å². The summed E-state index contributed by atoms with van der Waals surface area (Å²) >= 11 is 0. The van der Waals surface area contributed by atoms with Crippen LogP contribution in [-0.4, -0.2) is 12.9 Å². The van der Waals surface area contributed by atoms with Crippen molar-refractivity contribution in [2.24, 2.45) is 0 Å². The molecule has 0 radical (unpaired) electrons. The zero-order valence-electron chi connectivity index (χ0n) is 10.7. The molecule has 2 heteroatoms. The zero-order chi connectivity index (χ0) is 12.8. The van der Waals surface area contributed by atoms with Crippen LogP contribution < -0.4 is 4.74 Å². The maximum Gasteiger partial charge on any atom is 0.140 e. The van der Waals surface area contributed by atoms with E-state index in [0.717, 1.165) is 29.5 Å². The molecule has 0 amide bonds. The highest BCUT2D eigenvalue weighted by atomic mass is 16.5. The van der Waals surface area contributed by atoms with Crippen LogP contribution in [0.1, 0.15) is 25.3 Å². The lowest BCUT2D eigenvalue weighted by atomic mass is 9.87. The molecule has 0 aliphatic heterocycles. The number of methoxy groups -OCH3 is 1. The Labute approximate surface area is 107 Å². The Morgan fingerprint density at radius 1 is 1.17 bits per heavy atom. The Balaban J connectivity index is 2.35. The number of rotatable bonds is 3. The Bertz CT molecular complexity index is 624. The molecule has 0 saturated heterocycles. The van der Waals surface area contributed by atoms with Gasteiger partial charge in [-0.15, -0.1) is 0 Å². The van der Waals surface area contributed by atoms with Gasteiger partial charge in [0.1, 0.15) is 11.5 Å². The number of hydrogen-bond acceptors (Lipinski definition) is 2. The van der Waals surface area contributed by atoms with Crippen LogP contribution in [0.15, 0.2) is 36.4 Å². The lowest BCUT2D eigenvalue weighted by molar-refractivity contribution is -0.119. The molecule has 2 nitrogen and oxygen atoms in total. The molecule has 0 heterocycles. The SMILES string of the molecule is COc1ccc2ccccc2c1C1(C(C)=O)CC1. The third-order valence-corrected chi connectivity index (χ3v) is 4.01. The van der Waals surface area contributed by atoms with E-state index in [1.54, 1.807) is 14.0 Å². The summed E-state index contributed by atoms with van der Waals surface area (Å²) in [6, 6.07) is 12.2. The minimum atomic E-state index is -0.299. The topological polar surface area (TPSA) is 26.3 Å². The van der Waals surface area contributed by atoms with Gasteiger partial charge in [0, 0.05) is 5.56 Å². The lowest BCUT2D eigenvalue weighted by Gasteiger charge is -2.18. The van der Waals surface area contributed by atoms with Gasteiger partial charge in [0.25, 0.3) is 0 Å². The summed E-state index contributed by atoms with van der Waals surface area (Å²) in [7, 11) is 1.67. The van der Waals surface area contributed by atoms with Crippen molar-refractivity contribution < 1.29 is 9.53 Å². The fraction of sp³-hybridized carbons (Fsp3) is 0.312. The number of ketones is 1. The van der Waals surface area contributed by atoms with Crippen LogP contribution in [0.2, 0.25) is 0 Å². The Morgan fingerprint density at radius 3 is 2.50 bits per heavy atom. The number of ether oxygens (including phenoxy) is 1. The van der Waals surface area contributed by atoms with Gasteiger partial charge < -0.3 is 4.74 Å². The first-order valence-electron chi connectivity index (χ1n) is 6.26. The van der Waals surface area contributed by atoms with Gasteiger partial charge in [0.05, 0.1) is 12.5 Å². The highest BCUT2D eigenvalue weighted by Crippen LogP contribution is 2.54. The van der Waals surface area contributed by atoms with E-state index >= 15 is 0 Å². The van der Waals surface area contributed by atoms with Gasteiger partial charge in [0.2, 0.25) is 0 Å². The predicted molar refractivity (Wildman–Crippen MR) is 72.1 cm³/mol. The largest absolute Gasteiger partial charge is 0.496 e. The molecule has 0 spiro atoms. The van der Waals surface area contributed by atoms with E-state index in [0.29, 0.717) is 0 Å². The summed E-state index contributed by atoms with van der Waals surface area (Å²) in [6.45, 7) is 1.69. The fourth-order valence-electron chi connectivity index (χ4n) is 2.82. The van der Waals surface area contributed by atoms with Crippen LogP contribution in [0.25, 0.3) is 10.8 Å². The van der Waals surface area contributed by atoms with Crippen molar-refractivity contribution in [3.63, 3.8) is 0 Å². The van der Waals surface area contributed by atoms with E-state index in [9.17, 15) is 4.79 Å². The van der Waals surface area contributed by atoms with Crippen LogP contribution in [0, 0.1) is 0 Å². The number of Topliss-reactive ketones (excluding diaryl/α,β-unsaturated/α-hetero) is 1. The first-order valence-corrected chi connectivity index (χ1v) is 6.26. The van der Waals surface area contributed by atoms with Gasteiger partial charge in [-0.05, 0) is 36.6 Å². The van der Waals surface area contributed by atoms with Crippen molar-refractivity contribution in [2.45, 2.75) is 25.2 Å². The maximum atomic E-state index is 12.0. The summed E-state index contributed by atoms with van der Waals surface area (Å²) in [6.07, 6.45) is 1.87. The number of hydrogen-bond donors (Lipinski definition) is 0. The molecule has 1 saturated carbocycles. The zero-order valence-corrected chi connectivity index (χ0v) is 10.7. The Kier molecular flexibility index (Phi) is 2.40. The van der Waals surface area contributed by atoms with Gasteiger partial charge in [0.15, 0.2) is 0 Å². The number of carbonyl (C=O) groups is 1. The van der Waals surface area contributed by atoms with Gasteiger partial charge in [-0.1, -0.05) is 30.3 Å². The quantitative estimate of drug-likeness (QED) is 0.821. The summed E-state index contributed by atoms with van der Waals surface area (Å²) in [5, 5.41) is 2.31. The summed E-state index contributed by atoms with van der Waals surface area (Å²) in [4.78, 5) is 12.0. The van der Waals surface area contributed by atoms with E-state index in [2.05, 4.69) is 12.1 Å². The average molecular weight is 240 g/mol. The highest BCUT2D eigenvalue weighted by molar-refractivity contribution is 5.99. The predicted octanol–water partition coefficient (Wildman–Crippen LogP) is 3.47. The van der Waals surface area contributed by atoms with E-state index < -0.39 is 0 Å². The van der Waals surface area contributed by atoms with Crippen molar-refractivity contribution in [3.8, 4) is 5.75 Å². The molecule has 0 bridgehead atoms. The van der Waals surface area contributed by atoms with Crippen LogP contribution in [0.5, 0.6) is 5.75 Å². The van der Waals surface area contributed by atoms with Crippen molar-refractivity contribution in [2.75, 3.05) is 7.11 Å². The molecule has 92 valence electrons. The lowest BCUT2D eigenvalue weighted by Crippen LogP contribution is -2.18. The minimum absolute atomic E-state index is 0.247. The maximum absolute atomic E-state index is 12.0. The van der Waals surface area contributed by atoms with Crippen LogP contribution in [0.3, 0.4) is 0 Å². The van der Waals surface area contributed by atoms with Crippen molar-refractivity contribution in [3.05, 3.63) is 42.0 Å². The smallest absolute Gasteiger partial charge is 0.140 e. The molecule has 2 aromatic rings. The molecule has 18 heavy (non-hydrogen) atoms. The van der Waals surface area contributed by atoms with Crippen LogP contribution in [-0.2, 0) is 10.2 Å². The molecular formula is C16H16O2. The third-order valence-electron chi connectivity index (χ3n) is 4.01. The third kappa shape index (κ3) is 1.45. The van der Waals surface area contributed by atoms with E-state index in [1.807, 2.05) is 24.3 Å². The van der Waals surface area contributed by atoms with E-state index in [4.69, 9.17) is 4.74 Å². The standard InChI is InChI=1S/C16H16O2/c1-11(17)16(9-10-16)15-13-6-4-3-5-12(13)7-8-14(15)18-2/h3-8H,9-10H2,1-2H3. The van der Waals surface area contributed by atoms with E-state index in [1.165, 1.54) is 5.39 Å². The molecule has 0 unspecified atom stereocenters. The number of carbonyl (C=O) groups excluding carboxylic acids is 1. The molecular weight excluding hydrogens is 224 g/mol. The van der Waals surface area contributed by atoms with Crippen molar-refractivity contribution in [1.82, 2.24) is 0 Å². The minimum Gasteiger partial charge on any atom is -0.496 e. The number of fused-ring (bicyclic) bond motifs is 1. The second-order valence-electron chi connectivity index (χ2n) is 5.00. The monoisotopic (exact) mass is 240 g/mol. The van der Waals surface area contributed by atoms with Crippen molar-refractivity contribution >= 4 is 16.6 Å². The first kappa shape index (κ1) is 11.3. The Hall–Kier alpha value is -1.83. The summed E-state index contributed by atoms with van der Waals surface area (Å²) in [5.74, 6) is 1.08. The molecule has 1 aliphatic rings. The molecule has 2 aromatic carbocycles.